The Morgan fingerprint density at radius 3 is 2.78 bits per heavy atom. The lowest BCUT2D eigenvalue weighted by atomic mass is 10.1. The molecule has 0 aromatic heterocycles. The van der Waals surface area contributed by atoms with Crippen molar-refractivity contribution >= 4 is 11.7 Å². The molecule has 0 radical (unpaired) electrons. The van der Waals surface area contributed by atoms with Gasteiger partial charge in [0.25, 0.3) is 0 Å². The standard InChI is InChI=1S/C14H19N3O/c1-3-12-10-11(6-5-9-15)7-8-13(12)17-14(18)16-4-2/h7-8,10H,3-4,9,15H2,1-2H3,(H2,16,17,18). The summed E-state index contributed by atoms with van der Waals surface area (Å²) in [6.45, 7) is 4.87. The van der Waals surface area contributed by atoms with Gasteiger partial charge in [0.1, 0.15) is 0 Å². The van der Waals surface area contributed by atoms with E-state index >= 15 is 0 Å². The minimum absolute atomic E-state index is 0.187. The van der Waals surface area contributed by atoms with E-state index in [1.807, 2.05) is 32.0 Å². The highest BCUT2D eigenvalue weighted by Gasteiger charge is 2.05. The van der Waals surface area contributed by atoms with Crippen molar-refractivity contribution < 1.29 is 4.79 Å². The molecule has 1 aromatic carbocycles. The molecule has 1 aromatic rings. The van der Waals surface area contributed by atoms with Crippen LogP contribution in [0.3, 0.4) is 0 Å². The van der Waals surface area contributed by atoms with Crippen LogP contribution in [-0.2, 0) is 6.42 Å². The van der Waals surface area contributed by atoms with Gasteiger partial charge >= 0.3 is 6.03 Å². The molecule has 18 heavy (non-hydrogen) atoms. The summed E-state index contributed by atoms with van der Waals surface area (Å²) < 4.78 is 0. The van der Waals surface area contributed by atoms with E-state index in [0.29, 0.717) is 13.1 Å². The molecule has 96 valence electrons. The number of amides is 2. The van der Waals surface area contributed by atoms with E-state index in [-0.39, 0.29) is 6.03 Å². The number of rotatable bonds is 3. The number of benzene rings is 1. The Labute approximate surface area is 108 Å². The predicted octanol–water partition coefficient (Wildman–Crippen LogP) is 1.70. The third-order valence-electron chi connectivity index (χ3n) is 2.41. The van der Waals surface area contributed by atoms with Crippen LogP contribution in [0, 0.1) is 11.8 Å². The summed E-state index contributed by atoms with van der Waals surface area (Å²) in [5.41, 5.74) is 8.13. The van der Waals surface area contributed by atoms with Gasteiger partial charge in [-0.25, -0.2) is 4.79 Å². The molecule has 0 aliphatic heterocycles. The molecule has 4 nitrogen and oxygen atoms in total. The van der Waals surface area contributed by atoms with Crippen LogP contribution in [0.4, 0.5) is 10.5 Å². The summed E-state index contributed by atoms with van der Waals surface area (Å²) in [5, 5.41) is 5.52. The molecule has 0 aliphatic rings. The average molecular weight is 245 g/mol. The van der Waals surface area contributed by atoms with E-state index in [1.54, 1.807) is 0 Å². The van der Waals surface area contributed by atoms with E-state index in [0.717, 1.165) is 23.2 Å². The molecule has 0 heterocycles. The highest BCUT2D eigenvalue weighted by atomic mass is 16.2. The normalized spacial score (nSPS) is 9.28. The van der Waals surface area contributed by atoms with Gasteiger partial charge in [-0.2, -0.15) is 0 Å². The summed E-state index contributed by atoms with van der Waals surface area (Å²) in [6, 6.07) is 5.54. The first-order chi connectivity index (χ1) is 8.71. The van der Waals surface area contributed by atoms with Gasteiger partial charge in [0.05, 0.1) is 6.54 Å². The van der Waals surface area contributed by atoms with Gasteiger partial charge in [0, 0.05) is 17.8 Å². The maximum absolute atomic E-state index is 11.5. The van der Waals surface area contributed by atoms with E-state index in [1.165, 1.54) is 0 Å². The molecule has 0 fully saturated rings. The third-order valence-corrected chi connectivity index (χ3v) is 2.41. The Morgan fingerprint density at radius 1 is 1.39 bits per heavy atom. The van der Waals surface area contributed by atoms with Crippen LogP contribution < -0.4 is 16.4 Å². The minimum atomic E-state index is -0.187. The highest BCUT2D eigenvalue weighted by Crippen LogP contribution is 2.17. The van der Waals surface area contributed by atoms with Crippen molar-refractivity contribution in [2.75, 3.05) is 18.4 Å². The number of urea groups is 1. The van der Waals surface area contributed by atoms with Crippen molar-refractivity contribution in [2.45, 2.75) is 20.3 Å². The molecule has 0 spiro atoms. The van der Waals surface area contributed by atoms with Gasteiger partial charge in [-0.05, 0) is 37.1 Å². The first-order valence-corrected chi connectivity index (χ1v) is 6.08. The van der Waals surface area contributed by atoms with Gasteiger partial charge in [-0.1, -0.05) is 18.8 Å². The molecule has 2 amide bonds. The second kappa shape index (κ2) is 7.36. The predicted molar refractivity (Wildman–Crippen MR) is 74.4 cm³/mol. The largest absolute Gasteiger partial charge is 0.338 e. The Balaban J connectivity index is 2.89. The molecule has 0 saturated heterocycles. The second-order valence-electron chi connectivity index (χ2n) is 3.72. The van der Waals surface area contributed by atoms with Crippen molar-refractivity contribution in [3.63, 3.8) is 0 Å². The first kappa shape index (κ1) is 14.1. The van der Waals surface area contributed by atoms with Crippen molar-refractivity contribution in [1.82, 2.24) is 5.32 Å². The van der Waals surface area contributed by atoms with Crippen LogP contribution in [0.25, 0.3) is 0 Å². The summed E-state index contributed by atoms with van der Waals surface area (Å²) in [5.74, 6) is 5.80. The number of hydrogen-bond acceptors (Lipinski definition) is 2. The summed E-state index contributed by atoms with van der Waals surface area (Å²) in [7, 11) is 0. The smallest absolute Gasteiger partial charge is 0.319 e. The van der Waals surface area contributed by atoms with Crippen molar-refractivity contribution in [1.29, 1.82) is 0 Å². The minimum Gasteiger partial charge on any atom is -0.338 e. The van der Waals surface area contributed by atoms with E-state index in [2.05, 4.69) is 22.5 Å². The molecule has 4 heteroatoms. The molecular weight excluding hydrogens is 226 g/mol. The van der Waals surface area contributed by atoms with Crippen molar-refractivity contribution in [2.24, 2.45) is 5.73 Å². The maximum atomic E-state index is 11.5. The van der Waals surface area contributed by atoms with Crippen LogP contribution in [0.15, 0.2) is 18.2 Å². The Hall–Kier alpha value is -1.99. The van der Waals surface area contributed by atoms with Crippen LogP contribution in [0.5, 0.6) is 0 Å². The fraction of sp³-hybridized carbons (Fsp3) is 0.357. The number of nitrogens with two attached hydrogens (primary N) is 1. The summed E-state index contributed by atoms with van der Waals surface area (Å²) >= 11 is 0. The molecule has 0 bridgehead atoms. The molecule has 0 unspecified atom stereocenters. The summed E-state index contributed by atoms with van der Waals surface area (Å²) in [6.07, 6.45) is 0.833. The molecule has 1 rings (SSSR count). The van der Waals surface area contributed by atoms with E-state index < -0.39 is 0 Å². The number of anilines is 1. The molecular formula is C14H19N3O. The fourth-order valence-corrected chi connectivity index (χ4v) is 1.57. The Kier molecular flexibility index (Phi) is 5.75. The Bertz CT molecular complexity index is 472. The topological polar surface area (TPSA) is 67.2 Å². The average Bonchev–Trinajstić information content (AvgIpc) is 2.37. The molecule has 4 N–H and O–H groups in total. The van der Waals surface area contributed by atoms with E-state index in [9.17, 15) is 4.79 Å². The SMILES string of the molecule is CCNC(=O)Nc1ccc(C#CCN)cc1CC. The van der Waals surface area contributed by atoms with Gasteiger partial charge in [0.2, 0.25) is 0 Å². The van der Waals surface area contributed by atoms with Gasteiger partial charge < -0.3 is 16.4 Å². The lowest BCUT2D eigenvalue weighted by Crippen LogP contribution is -2.28. The zero-order chi connectivity index (χ0) is 13.4. The molecule has 0 atom stereocenters. The van der Waals surface area contributed by atoms with Gasteiger partial charge in [0.15, 0.2) is 0 Å². The highest BCUT2D eigenvalue weighted by molar-refractivity contribution is 5.90. The number of aryl methyl sites for hydroxylation is 1. The molecule has 0 saturated carbocycles. The lowest BCUT2D eigenvalue weighted by Gasteiger charge is -2.10. The van der Waals surface area contributed by atoms with E-state index in [4.69, 9.17) is 5.73 Å². The Morgan fingerprint density at radius 2 is 2.17 bits per heavy atom. The third kappa shape index (κ3) is 4.11. The zero-order valence-corrected chi connectivity index (χ0v) is 10.8. The maximum Gasteiger partial charge on any atom is 0.319 e. The molecule has 0 aliphatic carbocycles. The van der Waals surface area contributed by atoms with Crippen LogP contribution in [0.2, 0.25) is 0 Å². The van der Waals surface area contributed by atoms with Gasteiger partial charge in [-0.15, -0.1) is 0 Å². The van der Waals surface area contributed by atoms with Crippen LogP contribution >= 0.6 is 0 Å². The first-order valence-electron chi connectivity index (χ1n) is 6.08. The van der Waals surface area contributed by atoms with Crippen LogP contribution in [0.1, 0.15) is 25.0 Å². The van der Waals surface area contributed by atoms with Gasteiger partial charge in [-0.3, -0.25) is 0 Å². The monoisotopic (exact) mass is 245 g/mol. The van der Waals surface area contributed by atoms with Crippen molar-refractivity contribution in [3.8, 4) is 11.8 Å². The number of carbonyl (C=O) groups is 1. The fourth-order valence-electron chi connectivity index (χ4n) is 1.57. The second-order valence-corrected chi connectivity index (χ2v) is 3.72. The number of hydrogen-bond donors (Lipinski definition) is 3. The number of nitrogens with one attached hydrogen (secondary N) is 2. The van der Waals surface area contributed by atoms with Crippen molar-refractivity contribution in [3.05, 3.63) is 29.3 Å². The zero-order valence-electron chi connectivity index (χ0n) is 10.8. The van der Waals surface area contributed by atoms with Crippen LogP contribution in [-0.4, -0.2) is 19.1 Å². The summed E-state index contributed by atoms with van der Waals surface area (Å²) in [4.78, 5) is 11.5. The number of carbonyl (C=O) groups excluding carboxylic acids is 1. The quantitative estimate of drug-likeness (QED) is 0.709. The lowest BCUT2D eigenvalue weighted by molar-refractivity contribution is 0.252.